The number of esters is 1. The van der Waals surface area contributed by atoms with Crippen molar-refractivity contribution in [3.8, 4) is 0 Å². The molecule has 0 spiro atoms. The summed E-state index contributed by atoms with van der Waals surface area (Å²) in [5.41, 5.74) is -0.0349. The zero-order valence-corrected chi connectivity index (χ0v) is 11.3. The molecule has 2 unspecified atom stereocenters. The molecule has 0 aromatic carbocycles. The van der Waals surface area contributed by atoms with Crippen LogP contribution in [0.15, 0.2) is 0 Å². The summed E-state index contributed by atoms with van der Waals surface area (Å²) in [5, 5.41) is 5.95. The number of carbonyl (C=O) groups is 2. The van der Waals surface area contributed by atoms with Gasteiger partial charge in [-0.2, -0.15) is 0 Å². The van der Waals surface area contributed by atoms with Gasteiger partial charge in [0.1, 0.15) is 6.04 Å². The highest BCUT2D eigenvalue weighted by Gasteiger charge is 2.46. The molecule has 2 atom stereocenters. The number of hydrogen-bond donors (Lipinski definition) is 2. The van der Waals surface area contributed by atoms with Crippen molar-refractivity contribution in [3.05, 3.63) is 0 Å². The lowest BCUT2D eigenvalue weighted by Crippen LogP contribution is -2.67. The molecule has 0 aromatic heterocycles. The Hall–Kier alpha value is -1.10. The van der Waals surface area contributed by atoms with E-state index >= 15 is 0 Å². The number of hydrogen-bond acceptors (Lipinski definition) is 4. The first-order chi connectivity index (χ1) is 8.45. The van der Waals surface area contributed by atoms with Crippen LogP contribution in [0.25, 0.3) is 0 Å². The molecule has 2 rings (SSSR count). The molecule has 1 heterocycles. The van der Waals surface area contributed by atoms with Gasteiger partial charge in [-0.3, -0.25) is 4.79 Å². The Morgan fingerprint density at radius 3 is 2.50 bits per heavy atom. The number of ether oxygens (including phenoxy) is 1. The quantitative estimate of drug-likeness (QED) is 0.699. The highest BCUT2D eigenvalue weighted by Crippen LogP contribution is 2.34. The van der Waals surface area contributed by atoms with E-state index in [1.165, 1.54) is 0 Å². The fourth-order valence-electron chi connectivity index (χ4n) is 2.33. The summed E-state index contributed by atoms with van der Waals surface area (Å²) in [5.74, 6) is -0.127. The average Bonchev–Trinajstić information content (AvgIpc) is 3.08. The Bertz CT molecular complexity index is 350. The van der Waals surface area contributed by atoms with Crippen molar-refractivity contribution in [2.24, 2.45) is 11.3 Å². The summed E-state index contributed by atoms with van der Waals surface area (Å²) in [7, 11) is 0. The van der Waals surface area contributed by atoms with Crippen molar-refractivity contribution in [2.45, 2.75) is 45.7 Å². The van der Waals surface area contributed by atoms with Gasteiger partial charge < -0.3 is 15.4 Å². The molecule has 5 heteroatoms. The third-order valence-electron chi connectivity index (χ3n) is 3.74. The van der Waals surface area contributed by atoms with Gasteiger partial charge in [0, 0.05) is 12.0 Å². The maximum Gasteiger partial charge on any atom is 0.328 e. The maximum atomic E-state index is 12.1. The first kappa shape index (κ1) is 13.3. The average molecular weight is 254 g/mol. The molecule has 1 aliphatic heterocycles. The van der Waals surface area contributed by atoms with Gasteiger partial charge in [0.25, 0.3) is 0 Å². The third kappa shape index (κ3) is 2.66. The van der Waals surface area contributed by atoms with Gasteiger partial charge >= 0.3 is 5.97 Å². The van der Waals surface area contributed by atoms with Crippen LogP contribution in [-0.2, 0) is 14.3 Å². The number of nitrogens with one attached hydrogen (secondary N) is 2. The van der Waals surface area contributed by atoms with Crippen molar-refractivity contribution < 1.29 is 14.3 Å². The summed E-state index contributed by atoms with van der Waals surface area (Å²) in [6.45, 7) is 7.05. The smallest absolute Gasteiger partial charge is 0.328 e. The van der Waals surface area contributed by atoms with Crippen LogP contribution in [-0.4, -0.2) is 37.1 Å². The molecule has 0 bridgehead atoms. The summed E-state index contributed by atoms with van der Waals surface area (Å²) in [6.07, 6.45) is 1.98. The standard InChI is InChI=1S/C13H22N2O3/c1-4-18-12(17)9(8-5-6-8)15-11(16)10-13(2,3)7-14-10/h8-10,14H,4-7H2,1-3H3,(H,15,16). The van der Waals surface area contributed by atoms with Crippen LogP contribution in [0.1, 0.15) is 33.6 Å². The molecule has 18 heavy (non-hydrogen) atoms. The van der Waals surface area contributed by atoms with E-state index in [0.717, 1.165) is 19.4 Å². The van der Waals surface area contributed by atoms with Crippen LogP contribution in [0.5, 0.6) is 0 Å². The van der Waals surface area contributed by atoms with E-state index in [0.29, 0.717) is 6.61 Å². The van der Waals surface area contributed by atoms with Crippen molar-refractivity contribution in [3.63, 3.8) is 0 Å². The maximum absolute atomic E-state index is 12.1. The molecule has 2 aliphatic rings. The number of carbonyl (C=O) groups excluding carboxylic acids is 2. The highest BCUT2D eigenvalue weighted by molar-refractivity contribution is 5.89. The van der Waals surface area contributed by atoms with E-state index < -0.39 is 6.04 Å². The van der Waals surface area contributed by atoms with E-state index in [-0.39, 0.29) is 29.3 Å². The fourth-order valence-corrected chi connectivity index (χ4v) is 2.33. The van der Waals surface area contributed by atoms with Crippen molar-refractivity contribution in [1.29, 1.82) is 0 Å². The Labute approximate surface area is 108 Å². The summed E-state index contributed by atoms with van der Waals surface area (Å²) in [6, 6.07) is -0.663. The predicted molar refractivity (Wildman–Crippen MR) is 66.9 cm³/mol. The van der Waals surface area contributed by atoms with Crippen molar-refractivity contribution in [2.75, 3.05) is 13.2 Å². The zero-order valence-electron chi connectivity index (χ0n) is 11.3. The normalized spacial score (nSPS) is 26.9. The molecule has 2 N–H and O–H groups in total. The van der Waals surface area contributed by atoms with Gasteiger partial charge in [0.05, 0.1) is 12.6 Å². The summed E-state index contributed by atoms with van der Waals surface area (Å²) >= 11 is 0. The topological polar surface area (TPSA) is 67.4 Å². The van der Waals surface area contributed by atoms with E-state index in [1.54, 1.807) is 6.92 Å². The highest BCUT2D eigenvalue weighted by atomic mass is 16.5. The van der Waals surface area contributed by atoms with Gasteiger partial charge in [-0.1, -0.05) is 13.8 Å². The molecular weight excluding hydrogens is 232 g/mol. The number of rotatable bonds is 5. The Kier molecular flexibility index (Phi) is 3.61. The molecule has 1 saturated carbocycles. The van der Waals surface area contributed by atoms with Crippen LogP contribution in [0.2, 0.25) is 0 Å². The lowest BCUT2D eigenvalue weighted by atomic mass is 9.76. The largest absolute Gasteiger partial charge is 0.464 e. The molecule has 1 saturated heterocycles. The van der Waals surface area contributed by atoms with Crippen LogP contribution in [0.3, 0.4) is 0 Å². The molecule has 5 nitrogen and oxygen atoms in total. The predicted octanol–water partition coefficient (Wildman–Crippen LogP) is 0.442. The van der Waals surface area contributed by atoms with Gasteiger partial charge in [-0.15, -0.1) is 0 Å². The molecule has 0 radical (unpaired) electrons. The second kappa shape index (κ2) is 4.88. The minimum absolute atomic E-state index is 0.0349. The van der Waals surface area contributed by atoms with Crippen LogP contribution >= 0.6 is 0 Å². The Balaban J connectivity index is 1.93. The van der Waals surface area contributed by atoms with Gasteiger partial charge in [0.15, 0.2) is 0 Å². The monoisotopic (exact) mass is 254 g/mol. The Morgan fingerprint density at radius 1 is 1.44 bits per heavy atom. The van der Waals surface area contributed by atoms with Crippen LogP contribution in [0.4, 0.5) is 0 Å². The van der Waals surface area contributed by atoms with Gasteiger partial charge in [-0.05, 0) is 25.7 Å². The first-order valence-electron chi connectivity index (χ1n) is 6.66. The lowest BCUT2D eigenvalue weighted by molar-refractivity contribution is -0.149. The zero-order chi connectivity index (χ0) is 13.3. The van der Waals surface area contributed by atoms with E-state index in [1.807, 2.05) is 13.8 Å². The molecular formula is C13H22N2O3. The summed E-state index contributed by atoms with van der Waals surface area (Å²) in [4.78, 5) is 23.9. The minimum atomic E-state index is -0.462. The molecule has 1 aliphatic carbocycles. The lowest BCUT2D eigenvalue weighted by Gasteiger charge is -2.44. The van der Waals surface area contributed by atoms with Crippen molar-refractivity contribution >= 4 is 11.9 Å². The van der Waals surface area contributed by atoms with E-state index in [4.69, 9.17) is 4.74 Å². The van der Waals surface area contributed by atoms with Gasteiger partial charge in [0.2, 0.25) is 5.91 Å². The molecule has 1 amide bonds. The van der Waals surface area contributed by atoms with Crippen LogP contribution in [0, 0.1) is 11.3 Å². The van der Waals surface area contributed by atoms with Gasteiger partial charge in [-0.25, -0.2) is 4.79 Å². The van der Waals surface area contributed by atoms with E-state index in [9.17, 15) is 9.59 Å². The minimum Gasteiger partial charge on any atom is -0.464 e. The molecule has 2 fully saturated rings. The second-order valence-corrected chi connectivity index (χ2v) is 5.88. The van der Waals surface area contributed by atoms with E-state index in [2.05, 4.69) is 10.6 Å². The van der Waals surface area contributed by atoms with Crippen LogP contribution < -0.4 is 10.6 Å². The van der Waals surface area contributed by atoms with Crippen molar-refractivity contribution in [1.82, 2.24) is 10.6 Å². The molecule has 0 aromatic rings. The summed E-state index contributed by atoms with van der Waals surface area (Å²) < 4.78 is 5.02. The second-order valence-electron chi connectivity index (χ2n) is 5.88. The first-order valence-corrected chi connectivity index (χ1v) is 6.66. The third-order valence-corrected chi connectivity index (χ3v) is 3.74. The fraction of sp³-hybridized carbons (Fsp3) is 0.846. The molecule has 102 valence electrons. The number of amides is 1. The SMILES string of the molecule is CCOC(=O)C(NC(=O)C1NCC1(C)C)C1CC1. The Morgan fingerprint density at radius 2 is 2.11 bits per heavy atom.